The van der Waals surface area contributed by atoms with Crippen LogP contribution in [0.5, 0.6) is 0 Å². The van der Waals surface area contributed by atoms with E-state index in [1.54, 1.807) is 36.4 Å². The Morgan fingerprint density at radius 1 is 0.947 bits per heavy atom. The number of halogens is 1. The Kier molecular flexibility index (Phi) is 4.12. The van der Waals surface area contributed by atoms with Gasteiger partial charge < -0.3 is 5.73 Å². The first-order valence-electron chi connectivity index (χ1n) is 5.72. The molecule has 19 heavy (non-hydrogen) atoms. The van der Waals surface area contributed by atoms with Gasteiger partial charge in [-0.3, -0.25) is 9.59 Å². The fourth-order valence-corrected chi connectivity index (χ4v) is 2.04. The van der Waals surface area contributed by atoms with Gasteiger partial charge in [0.05, 0.1) is 0 Å². The van der Waals surface area contributed by atoms with Gasteiger partial charge >= 0.3 is 0 Å². The van der Waals surface area contributed by atoms with E-state index in [0.29, 0.717) is 16.7 Å². The lowest BCUT2D eigenvalue weighted by atomic mass is 10.0. The molecule has 0 radical (unpaired) electrons. The van der Waals surface area contributed by atoms with Crippen molar-refractivity contribution in [3.8, 4) is 0 Å². The summed E-state index contributed by atoms with van der Waals surface area (Å²) in [5.41, 5.74) is 7.06. The number of amides is 1. The molecule has 0 fully saturated rings. The largest absolute Gasteiger partial charge is 0.368 e. The van der Waals surface area contributed by atoms with Gasteiger partial charge in [-0.1, -0.05) is 64.5 Å². The van der Waals surface area contributed by atoms with Gasteiger partial charge in [0.15, 0.2) is 5.78 Å². The van der Waals surface area contributed by atoms with Crippen LogP contribution in [0.2, 0.25) is 0 Å². The smallest absolute Gasteiger partial charge is 0.235 e. The van der Waals surface area contributed by atoms with Crippen LogP contribution in [0.4, 0.5) is 0 Å². The highest BCUT2D eigenvalue weighted by Crippen LogP contribution is 2.23. The van der Waals surface area contributed by atoms with Crippen LogP contribution in [0.15, 0.2) is 54.6 Å². The summed E-state index contributed by atoms with van der Waals surface area (Å²) >= 11 is 3.20. The molecule has 96 valence electrons. The highest BCUT2D eigenvalue weighted by Gasteiger charge is 2.16. The Balaban J connectivity index is 2.34. The van der Waals surface area contributed by atoms with Crippen LogP contribution in [0.3, 0.4) is 0 Å². The molecular formula is C15H12BrNO2. The van der Waals surface area contributed by atoms with Crippen molar-refractivity contribution >= 4 is 27.6 Å². The molecule has 0 saturated carbocycles. The number of rotatable bonds is 4. The van der Waals surface area contributed by atoms with Crippen molar-refractivity contribution in [3.63, 3.8) is 0 Å². The average Bonchev–Trinajstić information content (AvgIpc) is 2.46. The van der Waals surface area contributed by atoms with E-state index in [9.17, 15) is 9.59 Å². The maximum absolute atomic E-state index is 12.3. The van der Waals surface area contributed by atoms with E-state index in [1.807, 2.05) is 18.2 Å². The number of nitrogens with two attached hydrogens (primary N) is 1. The fourth-order valence-electron chi connectivity index (χ4n) is 1.76. The zero-order chi connectivity index (χ0) is 13.8. The highest BCUT2D eigenvalue weighted by molar-refractivity contribution is 9.09. The van der Waals surface area contributed by atoms with Crippen LogP contribution < -0.4 is 5.73 Å². The lowest BCUT2D eigenvalue weighted by Crippen LogP contribution is -2.17. The molecule has 3 nitrogen and oxygen atoms in total. The number of hydrogen-bond donors (Lipinski definition) is 1. The molecule has 2 rings (SSSR count). The van der Waals surface area contributed by atoms with Crippen molar-refractivity contribution in [2.45, 2.75) is 4.83 Å². The first-order chi connectivity index (χ1) is 9.09. The summed E-state index contributed by atoms with van der Waals surface area (Å²) in [5.74, 6) is -0.559. The van der Waals surface area contributed by atoms with Gasteiger partial charge in [0.2, 0.25) is 5.91 Å². The first kappa shape index (κ1) is 13.5. The number of alkyl halides is 1. The average molecular weight is 318 g/mol. The molecular weight excluding hydrogens is 306 g/mol. The number of hydrogen-bond acceptors (Lipinski definition) is 2. The second-order valence-corrected chi connectivity index (χ2v) is 5.00. The molecule has 2 aromatic rings. The Morgan fingerprint density at radius 2 is 1.58 bits per heavy atom. The SMILES string of the molecule is NC(=O)C(Br)c1cccc(C(=O)c2ccccc2)c1. The summed E-state index contributed by atoms with van der Waals surface area (Å²) in [6.07, 6.45) is 0. The molecule has 0 aliphatic rings. The van der Waals surface area contributed by atoms with Crippen LogP contribution in [0, 0.1) is 0 Å². The third-order valence-electron chi connectivity index (χ3n) is 2.73. The third-order valence-corrected chi connectivity index (χ3v) is 3.71. The van der Waals surface area contributed by atoms with E-state index >= 15 is 0 Å². The molecule has 4 heteroatoms. The molecule has 0 aliphatic heterocycles. The van der Waals surface area contributed by atoms with Crippen LogP contribution in [0.1, 0.15) is 26.3 Å². The second-order valence-electron chi connectivity index (χ2n) is 4.09. The summed E-state index contributed by atoms with van der Waals surface area (Å²) in [5, 5.41) is 0. The number of benzene rings is 2. The molecule has 1 atom stereocenters. The van der Waals surface area contributed by atoms with Gasteiger partial charge in [0, 0.05) is 11.1 Å². The van der Waals surface area contributed by atoms with Crippen molar-refractivity contribution in [3.05, 3.63) is 71.3 Å². The minimum Gasteiger partial charge on any atom is -0.368 e. The molecule has 1 amide bonds. The third kappa shape index (κ3) is 3.09. The minimum absolute atomic E-state index is 0.0772. The van der Waals surface area contributed by atoms with Gasteiger partial charge in [-0.05, 0) is 11.6 Å². The van der Waals surface area contributed by atoms with Crippen molar-refractivity contribution in [2.24, 2.45) is 5.73 Å². The summed E-state index contributed by atoms with van der Waals surface area (Å²) in [4.78, 5) is 22.8. The van der Waals surface area contributed by atoms with Crippen LogP contribution in [-0.4, -0.2) is 11.7 Å². The molecule has 0 aromatic heterocycles. The zero-order valence-electron chi connectivity index (χ0n) is 10.0. The summed E-state index contributed by atoms with van der Waals surface area (Å²) in [7, 11) is 0. The lowest BCUT2D eigenvalue weighted by molar-refractivity contribution is -0.117. The van der Waals surface area contributed by atoms with Crippen molar-refractivity contribution in [1.82, 2.24) is 0 Å². The predicted molar refractivity (Wildman–Crippen MR) is 77.2 cm³/mol. The lowest BCUT2D eigenvalue weighted by Gasteiger charge is -2.08. The van der Waals surface area contributed by atoms with E-state index in [2.05, 4.69) is 15.9 Å². The van der Waals surface area contributed by atoms with Gasteiger partial charge in [-0.25, -0.2) is 0 Å². The molecule has 0 saturated heterocycles. The quantitative estimate of drug-likeness (QED) is 0.696. The molecule has 1 unspecified atom stereocenters. The van der Waals surface area contributed by atoms with Crippen molar-refractivity contribution < 1.29 is 9.59 Å². The maximum Gasteiger partial charge on any atom is 0.235 e. The Bertz CT molecular complexity index is 611. The van der Waals surface area contributed by atoms with Crippen LogP contribution in [-0.2, 0) is 4.79 Å². The standard InChI is InChI=1S/C15H12BrNO2/c16-13(15(17)19)11-7-4-8-12(9-11)14(18)10-5-2-1-3-6-10/h1-9,13H,(H2,17,19). The molecule has 0 bridgehead atoms. The predicted octanol–water partition coefficient (Wildman–Crippen LogP) is 2.84. The van der Waals surface area contributed by atoms with Crippen molar-refractivity contribution in [1.29, 1.82) is 0 Å². The van der Waals surface area contributed by atoms with E-state index in [1.165, 1.54) is 0 Å². The normalized spacial score (nSPS) is 11.8. The number of ketones is 1. The minimum atomic E-state index is -0.587. The van der Waals surface area contributed by atoms with E-state index in [0.717, 1.165) is 0 Å². The van der Waals surface area contributed by atoms with E-state index in [4.69, 9.17) is 5.73 Å². The molecule has 0 heterocycles. The number of primary amides is 1. The van der Waals surface area contributed by atoms with E-state index in [-0.39, 0.29) is 5.78 Å². The van der Waals surface area contributed by atoms with E-state index < -0.39 is 10.7 Å². The Morgan fingerprint density at radius 3 is 2.21 bits per heavy atom. The summed E-state index contributed by atoms with van der Waals surface area (Å²) in [6, 6.07) is 15.9. The van der Waals surface area contributed by atoms with Gasteiger partial charge in [0.25, 0.3) is 0 Å². The topological polar surface area (TPSA) is 60.2 Å². The molecule has 2 aromatic carbocycles. The van der Waals surface area contributed by atoms with Crippen LogP contribution in [0.25, 0.3) is 0 Å². The zero-order valence-corrected chi connectivity index (χ0v) is 11.6. The molecule has 0 spiro atoms. The van der Waals surface area contributed by atoms with Gasteiger partial charge in [-0.2, -0.15) is 0 Å². The summed E-state index contributed by atoms with van der Waals surface area (Å²) in [6.45, 7) is 0. The Hall–Kier alpha value is -1.94. The molecule has 0 aliphatic carbocycles. The van der Waals surface area contributed by atoms with Crippen LogP contribution >= 0.6 is 15.9 Å². The number of carbonyl (C=O) groups is 2. The second kappa shape index (κ2) is 5.80. The fraction of sp³-hybridized carbons (Fsp3) is 0.0667. The maximum atomic E-state index is 12.3. The summed E-state index contributed by atoms with van der Waals surface area (Å²) < 4.78 is 0. The van der Waals surface area contributed by atoms with Crippen molar-refractivity contribution in [2.75, 3.05) is 0 Å². The molecule has 2 N–H and O–H groups in total. The first-order valence-corrected chi connectivity index (χ1v) is 6.64. The number of carbonyl (C=O) groups excluding carboxylic acids is 2. The van der Waals surface area contributed by atoms with Gasteiger partial charge in [0.1, 0.15) is 4.83 Å². The highest BCUT2D eigenvalue weighted by atomic mass is 79.9. The Labute approximate surface area is 119 Å². The monoisotopic (exact) mass is 317 g/mol. The van der Waals surface area contributed by atoms with Gasteiger partial charge in [-0.15, -0.1) is 0 Å².